The topological polar surface area (TPSA) is 135 Å². The molecule has 3 unspecified atom stereocenters. The van der Waals surface area contributed by atoms with E-state index in [1.807, 2.05) is 29.5 Å². The highest BCUT2D eigenvalue weighted by Crippen LogP contribution is 2.37. The minimum absolute atomic E-state index is 0.0661. The Kier molecular flexibility index (Phi) is 12.6. The molecule has 0 aromatic heterocycles. The van der Waals surface area contributed by atoms with Crippen molar-refractivity contribution in [2.45, 2.75) is 50.9 Å². The summed E-state index contributed by atoms with van der Waals surface area (Å²) in [6.45, 7) is 2.34. The summed E-state index contributed by atoms with van der Waals surface area (Å²) >= 11 is 2.01. The maximum Gasteiger partial charge on any atom is 0.247 e. The van der Waals surface area contributed by atoms with Crippen LogP contribution in [0.25, 0.3) is 0 Å². The van der Waals surface area contributed by atoms with Crippen LogP contribution in [0, 0.1) is 3.57 Å². The fourth-order valence-electron chi connectivity index (χ4n) is 3.97. The van der Waals surface area contributed by atoms with Gasteiger partial charge in [-0.3, -0.25) is 14.4 Å². The molecule has 36 heavy (non-hydrogen) atoms. The van der Waals surface area contributed by atoms with Crippen LogP contribution >= 0.6 is 22.6 Å². The first-order valence-corrected chi connectivity index (χ1v) is 12.9. The van der Waals surface area contributed by atoms with Gasteiger partial charge in [-0.25, -0.2) is 0 Å². The number of aliphatic hydroxyl groups is 2. The molecule has 1 aliphatic carbocycles. The molecular weight excluding hydrogens is 583 g/mol. The summed E-state index contributed by atoms with van der Waals surface area (Å²) in [6, 6.07) is 2.40. The molecule has 0 saturated carbocycles. The van der Waals surface area contributed by atoms with Gasteiger partial charge < -0.3 is 34.6 Å². The van der Waals surface area contributed by atoms with Gasteiger partial charge in [0.05, 0.1) is 29.9 Å². The first-order chi connectivity index (χ1) is 17.3. The SMILES string of the molecule is CCCCC(=O)N(CCOC)C1CC(C(=O)NCCO)=CC(Oc2c(I)cc(C=O)cc2OC)C1O. The number of nitrogens with zero attached hydrogens (tertiary/aromatic N) is 1. The molecule has 200 valence electrons. The predicted molar refractivity (Wildman–Crippen MR) is 141 cm³/mol. The van der Waals surface area contributed by atoms with E-state index in [2.05, 4.69) is 5.32 Å². The Morgan fingerprint density at radius 3 is 2.67 bits per heavy atom. The lowest BCUT2D eigenvalue weighted by atomic mass is 9.88. The van der Waals surface area contributed by atoms with Crippen LogP contribution in [0.2, 0.25) is 0 Å². The average molecular weight is 618 g/mol. The number of benzene rings is 1. The standard InChI is InChI=1S/C25H35IN2O8/c1-4-5-6-22(31)28(8-10-34-2)19-13-17(25(33)27-7-9-29)14-20(23(19)32)36-24-18(26)11-16(15-30)12-21(24)35-3/h11-12,14-15,19-20,23,29,32H,4-10,13H2,1-3H3,(H,27,33). The molecule has 0 bridgehead atoms. The highest BCUT2D eigenvalue weighted by Gasteiger charge is 2.40. The molecule has 10 nitrogen and oxygen atoms in total. The van der Waals surface area contributed by atoms with Gasteiger partial charge in [0, 0.05) is 44.2 Å². The molecule has 0 saturated heterocycles. The van der Waals surface area contributed by atoms with Gasteiger partial charge in [-0.15, -0.1) is 0 Å². The van der Waals surface area contributed by atoms with Gasteiger partial charge >= 0.3 is 0 Å². The first-order valence-electron chi connectivity index (χ1n) is 11.9. The Morgan fingerprint density at radius 2 is 2.06 bits per heavy atom. The largest absolute Gasteiger partial charge is 0.493 e. The van der Waals surface area contributed by atoms with Crippen LogP contribution in [0.3, 0.4) is 0 Å². The van der Waals surface area contributed by atoms with Crippen molar-refractivity contribution < 1.29 is 38.8 Å². The Bertz CT molecular complexity index is 939. The monoisotopic (exact) mass is 618 g/mol. The highest BCUT2D eigenvalue weighted by atomic mass is 127. The van der Waals surface area contributed by atoms with Crippen LogP contribution in [0.15, 0.2) is 23.8 Å². The van der Waals surface area contributed by atoms with Gasteiger partial charge in [0.2, 0.25) is 11.8 Å². The van der Waals surface area contributed by atoms with Crippen LogP contribution in [-0.2, 0) is 14.3 Å². The number of hydrogen-bond donors (Lipinski definition) is 3. The second-order valence-electron chi connectivity index (χ2n) is 8.35. The summed E-state index contributed by atoms with van der Waals surface area (Å²) in [6.07, 6.45) is 2.03. The smallest absolute Gasteiger partial charge is 0.247 e. The number of unbranched alkanes of at least 4 members (excludes halogenated alkanes) is 1. The number of aliphatic hydroxyl groups excluding tert-OH is 2. The van der Waals surface area contributed by atoms with Gasteiger partial charge in [-0.05, 0) is 47.2 Å². The second kappa shape index (κ2) is 15.1. The maximum absolute atomic E-state index is 13.1. The zero-order chi connectivity index (χ0) is 26.7. The zero-order valence-corrected chi connectivity index (χ0v) is 23.0. The van der Waals surface area contributed by atoms with Gasteiger partial charge in [0.15, 0.2) is 11.5 Å². The zero-order valence-electron chi connectivity index (χ0n) is 20.9. The molecule has 0 heterocycles. The number of amides is 2. The molecule has 0 aliphatic heterocycles. The van der Waals surface area contributed by atoms with Crippen molar-refractivity contribution in [3.63, 3.8) is 0 Å². The van der Waals surface area contributed by atoms with E-state index in [0.29, 0.717) is 45.3 Å². The Balaban J connectivity index is 2.48. The molecule has 3 atom stereocenters. The maximum atomic E-state index is 13.1. The van der Waals surface area contributed by atoms with Crippen LogP contribution in [0.4, 0.5) is 0 Å². The number of hydrogen-bond acceptors (Lipinski definition) is 8. The number of ether oxygens (including phenoxy) is 3. The predicted octanol–water partition coefficient (Wildman–Crippen LogP) is 1.69. The molecule has 2 rings (SSSR count). The van der Waals surface area contributed by atoms with Crippen molar-refractivity contribution in [3.05, 3.63) is 32.9 Å². The van der Waals surface area contributed by atoms with Crippen LogP contribution in [0.5, 0.6) is 11.5 Å². The molecule has 1 aliphatic rings. The molecule has 3 N–H and O–H groups in total. The minimum atomic E-state index is -1.16. The van der Waals surface area contributed by atoms with E-state index in [1.165, 1.54) is 26.4 Å². The number of carbonyl (C=O) groups excluding carboxylic acids is 3. The summed E-state index contributed by atoms with van der Waals surface area (Å²) in [5.74, 6) is 0.0465. The van der Waals surface area contributed by atoms with Crippen molar-refractivity contribution >= 4 is 40.7 Å². The second-order valence-corrected chi connectivity index (χ2v) is 9.51. The molecule has 0 fully saturated rings. The van der Waals surface area contributed by atoms with E-state index in [4.69, 9.17) is 19.3 Å². The van der Waals surface area contributed by atoms with E-state index < -0.39 is 24.2 Å². The van der Waals surface area contributed by atoms with E-state index >= 15 is 0 Å². The Labute approximate surface area is 225 Å². The third-order valence-corrected chi connectivity index (χ3v) is 6.66. The van der Waals surface area contributed by atoms with Crippen molar-refractivity contribution in [1.29, 1.82) is 0 Å². The molecule has 0 spiro atoms. The number of nitrogens with one attached hydrogen (secondary N) is 1. The molecule has 1 aromatic rings. The summed E-state index contributed by atoms with van der Waals surface area (Å²) < 4.78 is 17.4. The fraction of sp³-hybridized carbons (Fsp3) is 0.560. The van der Waals surface area contributed by atoms with Gasteiger partial charge in [0.25, 0.3) is 0 Å². The highest BCUT2D eigenvalue weighted by molar-refractivity contribution is 14.1. The quantitative estimate of drug-likeness (QED) is 0.212. The molecule has 2 amide bonds. The third-order valence-electron chi connectivity index (χ3n) is 5.86. The van der Waals surface area contributed by atoms with Gasteiger partial charge in [-0.1, -0.05) is 13.3 Å². The normalized spacial score (nSPS) is 19.3. The van der Waals surface area contributed by atoms with Gasteiger partial charge in [0.1, 0.15) is 18.5 Å². The number of rotatable bonds is 14. The van der Waals surface area contributed by atoms with Crippen LogP contribution in [-0.4, -0.2) is 92.0 Å². The van der Waals surface area contributed by atoms with E-state index in [0.717, 1.165) is 6.42 Å². The molecular formula is C25H35IN2O8. The van der Waals surface area contributed by atoms with Crippen molar-refractivity contribution in [1.82, 2.24) is 10.2 Å². The van der Waals surface area contributed by atoms with E-state index in [-0.39, 0.29) is 38.6 Å². The lowest BCUT2D eigenvalue weighted by molar-refractivity contribution is -0.139. The van der Waals surface area contributed by atoms with Crippen LogP contribution < -0.4 is 14.8 Å². The Morgan fingerprint density at radius 1 is 1.31 bits per heavy atom. The summed E-state index contributed by atoms with van der Waals surface area (Å²) in [7, 11) is 2.97. The van der Waals surface area contributed by atoms with Crippen molar-refractivity contribution in [3.8, 4) is 11.5 Å². The van der Waals surface area contributed by atoms with Crippen molar-refractivity contribution in [2.24, 2.45) is 0 Å². The number of carbonyl (C=O) groups is 3. The molecule has 1 aromatic carbocycles. The number of methoxy groups -OCH3 is 2. The van der Waals surface area contributed by atoms with Crippen molar-refractivity contribution in [2.75, 3.05) is 40.5 Å². The lowest BCUT2D eigenvalue weighted by Crippen LogP contribution is -2.55. The lowest BCUT2D eigenvalue weighted by Gasteiger charge is -2.40. The Hall–Kier alpha value is -2.22. The number of aldehydes is 1. The molecule has 0 radical (unpaired) electrons. The average Bonchev–Trinajstić information content (AvgIpc) is 2.88. The summed E-state index contributed by atoms with van der Waals surface area (Å²) in [5, 5.41) is 23.1. The summed E-state index contributed by atoms with van der Waals surface area (Å²) in [4.78, 5) is 38.8. The van der Waals surface area contributed by atoms with E-state index in [1.54, 1.807) is 11.0 Å². The van der Waals surface area contributed by atoms with Gasteiger partial charge in [-0.2, -0.15) is 0 Å². The number of halogens is 1. The van der Waals surface area contributed by atoms with E-state index in [9.17, 15) is 19.5 Å². The first kappa shape index (κ1) is 30.0. The van der Waals surface area contributed by atoms with Crippen LogP contribution in [0.1, 0.15) is 43.0 Å². The molecule has 11 heteroatoms. The fourth-order valence-corrected chi connectivity index (χ4v) is 4.73. The third kappa shape index (κ3) is 7.89. The minimum Gasteiger partial charge on any atom is -0.493 e. The summed E-state index contributed by atoms with van der Waals surface area (Å²) in [5.41, 5.74) is 0.727.